The molecule has 0 aliphatic rings. The monoisotopic (exact) mass is 300 g/mol. The Morgan fingerprint density at radius 3 is 2.65 bits per heavy atom. The summed E-state index contributed by atoms with van der Waals surface area (Å²) in [5.41, 5.74) is 0.966. The van der Waals surface area contributed by atoms with Crippen LogP contribution in [0, 0.1) is 0 Å². The van der Waals surface area contributed by atoms with Crippen molar-refractivity contribution < 1.29 is 19.1 Å². The molecule has 17 heavy (non-hydrogen) atoms. The molecule has 0 radical (unpaired) electrons. The van der Waals surface area contributed by atoms with Crippen LogP contribution in [0.15, 0.2) is 22.7 Å². The van der Waals surface area contributed by atoms with Crippen molar-refractivity contribution in [1.82, 2.24) is 0 Å². The first-order chi connectivity index (χ1) is 8.10. The lowest BCUT2D eigenvalue weighted by Gasteiger charge is -2.08. The van der Waals surface area contributed by atoms with Crippen molar-refractivity contribution in [3.05, 3.63) is 33.8 Å². The number of hydrogen-bond donors (Lipinski definition) is 0. The topological polar surface area (TPSA) is 52.6 Å². The average molecular weight is 301 g/mol. The van der Waals surface area contributed by atoms with E-state index >= 15 is 0 Å². The highest BCUT2D eigenvalue weighted by molar-refractivity contribution is 9.10. The SMILES string of the molecule is CCOC(=O)C(=O)c1ccc(Br)cc1COC. The molecule has 4 nitrogen and oxygen atoms in total. The number of ether oxygens (including phenoxy) is 2. The molecule has 1 aromatic rings. The van der Waals surface area contributed by atoms with Gasteiger partial charge in [0.25, 0.3) is 5.78 Å². The summed E-state index contributed by atoms with van der Waals surface area (Å²) in [6, 6.07) is 5.03. The third-order valence-corrected chi connectivity index (χ3v) is 2.57. The second-order valence-corrected chi connectivity index (χ2v) is 4.20. The maximum Gasteiger partial charge on any atom is 0.379 e. The van der Waals surface area contributed by atoms with Crippen molar-refractivity contribution in [1.29, 1.82) is 0 Å². The normalized spacial score (nSPS) is 10.1. The van der Waals surface area contributed by atoms with Crippen LogP contribution in [0.3, 0.4) is 0 Å². The maximum atomic E-state index is 11.8. The number of Topliss-reactive ketones (excluding diaryl/α,β-unsaturated/α-hetero) is 1. The number of halogens is 1. The molecule has 0 aliphatic heterocycles. The second kappa shape index (κ2) is 6.51. The highest BCUT2D eigenvalue weighted by Gasteiger charge is 2.20. The Morgan fingerprint density at radius 1 is 1.35 bits per heavy atom. The molecule has 0 spiro atoms. The molecule has 0 unspecified atom stereocenters. The van der Waals surface area contributed by atoms with Gasteiger partial charge in [0, 0.05) is 17.1 Å². The van der Waals surface area contributed by atoms with Gasteiger partial charge in [-0.05, 0) is 30.7 Å². The number of benzene rings is 1. The van der Waals surface area contributed by atoms with Crippen LogP contribution in [0.2, 0.25) is 0 Å². The lowest BCUT2D eigenvalue weighted by Crippen LogP contribution is -2.19. The second-order valence-electron chi connectivity index (χ2n) is 3.28. The Balaban J connectivity index is 3.03. The van der Waals surface area contributed by atoms with E-state index in [9.17, 15) is 9.59 Å². The molecule has 0 saturated heterocycles. The molecule has 0 aliphatic carbocycles. The van der Waals surface area contributed by atoms with Crippen molar-refractivity contribution in [2.24, 2.45) is 0 Å². The predicted octanol–water partition coefficient (Wildman–Crippen LogP) is 2.34. The summed E-state index contributed by atoms with van der Waals surface area (Å²) in [7, 11) is 1.53. The van der Waals surface area contributed by atoms with Crippen LogP contribution in [0.4, 0.5) is 0 Å². The summed E-state index contributed by atoms with van der Waals surface area (Å²) in [6.07, 6.45) is 0. The Labute approximate surface area is 108 Å². The molecular formula is C12H13BrO4. The van der Waals surface area contributed by atoms with Gasteiger partial charge in [-0.15, -0.1) is 0 Å². The van der Waals surface area contributed by atoms with Crippen molar-refractivity contribution in [3.63, 3.8) is 0 Å². The zero-order chi connectivity index (χ0) is 12.8. The van der Waals surface area contributed by atoms with Gasteiger partial charge in [-0.2, -0.15) is 0 Å². The predicted molar refractivity (Wildman–Crippen MR) is 65.8 cm³/mol. The Kier molecular flexibility index (Phi) is 5.31. The smallest absolute Gasteiger partial charge is 0.379 e. The third-order valence-electron chi connectivity index (χ3n) is 2.07. The standard InChI is InChI=1S/C12H13BrO4/c1-3-17-12(15)11(14)10-5-4-9(13)6-8(10)7-16-2/h4-6H,3,7H2,1-2H3. The number of ketones is 1. The fourth-order valence-corrected chi connectivity index (χ4v) is 1.77. The van der Waals surface area contributed by atoms with E-state index in [1.807, 2.05) is 0 Å². The molecule has 1 rings (SSSR count). The number of hydrogen-bond acceptors (Lipinski definition) is 4. The van der Waals surface area contributed by atoms with E-state index < -0.39 is 11.8 Å². The first-order valence-corrected chi connectivity index (χ1v) is 5.88. The van der Waals surface area contributed by atoms with Gasteiger partial charge in [0.15, 0.2) is 0 Å². The Morgan fingerprint density at radius 2 is 2.06 bits per heavy atom. The van der Waals surface area contributed by atoms with Crippen LogP contribution in [0.25, 0.3) is 0 Å². The molecule has 92 valence electrons. The zero-order valence-corrected chi connectivity index (χ0v) is 11.2. The van der Waals surface area contributed by atoms with E-state index in [0.717, 1.165) is 4.47 Å². The fraction of sp³-hybridized carbons (Fsp3) is 0.333. The van der Waals surface area contributed by atoms with Gasteiger partial charge in [-0.25, -0.2) is 4.79 Å². The summed E-state index contributed by atoms with van der Waals surface area (Å²) in [5, 5.41) is 0. The van der Waals surface area contributed by atoms with Gasteiger partial charge in [0.05, 0.1) is 13.2 Å². The van der Waals surface area contributed by atoms with Gasteiger partial charge in [-0.3, -0.25) is 4.79 Å². The summed E-state index contributed by atoms with van der Waals surface area (Å²) >= 11 is 3.30. The van der Waals surface area contributed by atoms with Crippen LogP contribution in [0.5, 0.6) is 0 Å². The van der Waals surface area contributed by atoms with Gasteiger partial charge < -0.3 is 9.47 Å². The maximum absolute atomic E-state index is 11.8. The summed E-state index contributed by atoms with van der Waals surface area (Å²) < 4.78 is 10.5. The summed E-state index contributed by atoms with van der Waals surface area (Å²) in [6.45, 7) is 2.10. The molecule has 0 amide bonds. The van der Waals surface area contributed by atoms with Crippen LogP contribution in [-0.2, 0) is 20.9 Å². The molecule has 0 heterocycles. The minimum Gasteiger partial charge on any atom is -0.460 e. The van der Waals surface area contributed by atoms with Crippen molar-refractivity contribution in [3.8, 4) is 0 Å². The Bertz CT molecular complexity index is 429. The highest BCUT2D eigenvalue weighted by Crippen LogP contribution is 2.18. The van der Waals surface area contributed by atoms with E-state index in [-0.39, 0.29) is 13.2 Å². The summed E-state index contributed by atoms with van der Waals surface area (Å²) in [4.78, 5) is 23.2. The van der Waals surface area contributed by atoms with Crippen LogP contribution >= 0.6 is 15.9 Å². The quantitative estimate of drug-likeness (QED) is 0.476. The van der Waals surface area contributed by atoms with Crippen molar-refractivity contribution in [2.75, 3.05) is 13.7 Å². The molecule has 1 aromatic carbocycles. The van der Waals surface area contributed by atoms with E-state index in [4.69, 9.17) is 4.74 Å². The largest absolute Gasteiger partial charge is 0.460 e. The van der Waals surface area contributed by atoms with Crippen LogP contribution < -0.4 is 0 Å². The number of methoxy groups -OCH3 is 1. The zero-order valence-electron chi connectivity index (χ0n) is 9.66. The molecule has 0 N–H and O–H groups in total. The van der Waals surface area contributed by atoms with Gasteiger partial charge in [-0.1, -0.05) is 15.9 Å². The van der Waals surface area contributed by atoms with Crippen molar-refractivity contribution in [2.45, 2.75) is 13.5 Å². The minimum atomic E-state index is -0.841. The van der Waals surface area contributed by atoms with Crippen LogP contribution in [-0.4, -0.2) is 25.5 Å². The van der Waals surface area contributed by atoms with Gasteiger partial charge >= 0.3 is 5.97 Å². The number of carbonyl (C=O) groups is 2. The highest BCUT2D eigenvalue weighted by atomic mass is 79.9. The van der Waals surface area contributed by atoms with E-state index in [1.54, 1.807) is 25.1 Å². The fourth-order valence-electron chi connectivity index (χ4n) is 1.37. The van der Waals surface area contributed by atoms with E-state index in [0.29, 0.717) is 11.1 Å². The molecule has 5 heteroatoms. The lowest BCUT2D eigenvalue weighted by atomic mass is 10.0. The van der Waals surface area contributed by atoms with Gasteiger partial charge in [0.1, 0.15) is 0 Å². The first-order valence-electron chi connectivity index (χ1n) is 5.09. The number of carbonyl (C=O) groups excluding carboxylic acids is 2. The van der Waals surface area contributed by atoms with Gasteiger partial charge in [0.2, 0.25) is 0 Å². The average Bonchev–Trinajstić information content (AvgIpc) is 2.29. The summed E-state index contributed by atoms with van der Waals surface area (Å²) in [5.74, 6) is -1.49. The molecule has 0 bridgehead atoms. The molecule has 0 aromatic heterocycles. The number of rotatable bonds is 5. The number of esters is 1. The van der Waals surface area contributed by atoms with E-state index in [1.165, 1.54) is 7.11 Å². The molecular weight excluding hydrogens is 288 g/mol. The molecule has 0 fully saturated rings. The lowest BCUT2D eigenvalue weighted by molar-refractivity contribution is -0.137. The Hall–Kier alpha value is -1.20. The molecule has 0 saturated carbocycles. The first kappa shape index (κ1) is 13.9. The van der Waals surface area contributed by atoms with Crippen LogP contribution in [0.1, 0.15) is 22.8 Å². The van der Waals surface area contributed by atoms with E-state index in [2.05, 4.69) is 20.7 Å². The van der Waals surface area contributed by atoms with Crippen molar-refractivity contribution >= 4 is 27.7 Å². The third kappa shape index (κ3) is 3.64. The minimum absolute atomic E-state index is 0.181. The molecule has 0 atom stereocenters.